The Bertz CT molecular complexity index is 802. The highest BCUT2D eigenvalue weighted by Crippen LogP contribution is 2.21. The molecular formula is C19H23N3O3. The van der Waals surface area contributed by atoms with Crippen LogP contribution in [0.4, 0.5) is 11.4 Å². The maximum atomic E-state index is 12.2. The number of nitrogens with one attached hydrogen (secondary N) is 2. The Morgan fingerprint density at radius 3 is 2.40 bits per heavy atom. The first-order valence-corrected chi connectivity index (χ1v) is 8.13. The Kier molecular flexibility index (Phi) is 5.75. The summed E-state index contributed by atoms with van der Waals surface area (Å²) in [4.78, 5) is 22.6. The van der Waals surface area contributed by atoms with E-state index in [1.54, 1.807) is 6.07 Å². The zero-order chi connectivity index (χ0) is 18.6. The number of rotatable bonds is 6. The molecule has 0 spiro atoms. The number of carbonyl (C=O) groups excluding carboxylic acids is 1. The van der Waals surface area contributed by atoms with Gasteiger partial charge in [-0.2, -0.15) is 0 Å². The third-order valence-corrected chi connectivity index (χ3v) is 4.28. The molecule has 0 aliphatic carbocycles. The van der Waals surface area contributed by atoms with Gasteiger partial charge < -0.3 is 10.6 Å². The highest BCUT2D eigenvalue weighted by molar-refractivity contribution is 5.81. The zero-order valence-electron chi connectivity index (χ0n) is 14.9. The lowest BCUT2D eigenvalue weighted by Gasteiger charge is -2.16. The minimum atomic E-state index is -0.452. The van der Waals surface area contributed by atoms with E-state index in [9.17, 15) is 14.9 Å². The van der Waals surface area contributed by atoms with Crippen LogP contribution >= 0.6 is 0 Å². The van der Waals surface area contributed by atoms with Gasteiger partial charge in [-0.1, -0.05) is 24.3 Å². The van der Waals surface area contributed by atoms with Gasteiger partial charge in [0.15, 0.2) is 0 Å². The van der Waals surface area contributed by atoms with Crippen molar-refractivity contribution >= 4 is 17.3 Å². The molecule has 6 heteroatoms. The van der Waals surface area contributed by atoms with Crippen LogP contribution in [0.1, 0.15) is 35.2 Å². The molecule has 0 radical (unpaired) electrons. The fraction of sp³-hybridized carbons (Fsp3) is 0.316. The third kappa shape index (κ3) is 4.79. The van der Waals surface area contributed by atoms with E-state index in [1.807, 2.05) is 39.8 Å². The van der Waals surface area contributed by atoms with E-state index in [0.29, 0.717) is 5.69 Å². The van der Waals surface area contributed by atoms with Crippen LogP contribution in [0.15, 0.2) is 36.4 Å². The summed E-state index contributed by atoms with van der Waals surface area (Å²) in [5.74, 6) is -0.170. The van der Waals surface area contributed by atoms with Gasteiger partial charge >= 0.3 is 0 Å². The van der Waals surface area contributed by atoms with Crippen LogP contribution in [-0.4, -0.2) is 17.4 Å². The summed E-state index contributed by atoms with van der Waals surface area (Å²) in [5.41, 5.74) is 4.87. The number of nitro groups is 1. The summed E-state index contributed by atoms with van der Waals surface area (Å²) >= 11 is 0. The van der Waals surface area contributed by atoms with Crippen molar-refractivity contribution in [1.82, 2.24) is 5.32 Å². The Hall–Kier alpha value is -2.89. The average molecular weight is 341 g/mol. The van der Waals surface area contributed by atoms with Gasteiger partial charge in [0.25, 0.3) is 5.69 Å². The molecule has 25 heavy (non-hydrogen) atoms. The molecule has 1 unspecified atom stereocenters. The topological polar surface area (TPSA) is 84.3 Å². The number of amides is 1. The first-order chi connectivity index (χ1) is 11.8. The number of anilines is 1. The first kappa shape index (κ1) is 18.4. The summed E-state index contributed by atoms with van der Waals surface area (Å²) in [7, 11) is 0. The molecule has 1 amide bonds. The van der Waals surface area contributed by atoms with Gasteiger partial charge in [-0.15, -0.1) is 0 Å². The smallest absolute Gasteiger partial charge is 0.271 e. The van der Waals surface area contributed by atoms with E-state index in [0.717, 1.165) is 11.1 Å². The lowest BCUT2D eigenvalue weighted by molar-refractivity contribution is -0.384. The minimum absolute atomic E-state index is 0.00277. The highest BCUT2D eigenvalue weighted by Gasteiger charge is 2.12. The molecule has 0 heterocycles. The molecule has 0 saturated heterocycles. The normalized spacial score (nSPS) is 11.7. The molecule has 0 fully saturated rings. The number of non-ortho nitro benzene ring substituents is 1. The number of hydrogen-bond acceptors (Lipinski definition) is 4. The van der Waals surface area contributed by atoms with Crippen molar-refractivity contribution in [3.8, 4) is 0 Å². The van der Waals surface area contributed by atoms with Crippen molar-refractivity contribution in [3.63, 3.8) is 0 Å². The number of hydrogen-bond donors (Lipinski definition) is 2. The number of carbonyl (C=O) groups is 1. The number of nitrogens with zero attached hydrogens (tertiary/aromatic N) is 1. The van der Waals surface area contributed by atoms with Crippen LogP contribution in [0.2, 0.25) is 0 Å². The van der Waals surface area contributed by atoms with E-state index >= 15 is 0 Å². The quantitative estimate of drug-likeness (QED) is 0.618. The summed E-state index contributed by atoms with van der Waals surface area (Å²) in [6, 6.07) is 10.6. The molecule has 2 rings (SSSR count). The largest absolute Gasteiger partial charge is 0.376 e. The van der Waals surface area contributed by atoms with Crippen molar-refractivity contribution in [3.05, 3.63) is 68.8 Å². The van der Waals surface area contributed by atoms with E-state index < -0.39 is 4.92 Å². The SMILES string of the molecule is Cc1ccc(C(C)NC(=O)CNc2cc([N+](=O)[O-])ccc2C)cc1C. The highest BCUT2D eigenvalue weighted by atomic mass is 16.6. The van der Waals surface area contributed by atoms with Crippen LogP contribution in [-0.2, 0) is 4.79 Å². The first-order valence-electron chi connectivity index (χ1n) is 8.13. The monoisotopic (exact) mass is 341 g/mol. The maximum absolute atomic E-state index is 12.2. The van der Waals surface area contributed by atoms with Gasteiger partial charge in [0.05, 0.1) is 17.5 Å². The summed E-state index contributed by atoms with van der Waals surface area (Å²) < 4.78 is 0. The maximum Gasteiger partial charge on any atom is 0.271 e. The lowest BCUT2D eigenvalue weighted by atomic mass is 10.0. The Morgan fingerprint density at radius 1 is 1.08 bits per heavy atom. The number of nitro benzene ring substituents is 1. The van der Waals surface area contributed by atoms with Crippen molar-refractivity contribution in [1.29, 1.82) is 0 Å². The number of aryl methyl sites for hydroxylation is 3. The average Bonchev–Trinajstić information content (AvgIpc) is 2.56. The molecule has 0 saturated carbocycles. The standard InChI is InChI=1S/C19H23N3O3/c1-12-5-7-16(9-14(12)3)15(4)21-19(23)11-20-18-10-17(22(24)25)8-6-13(18)2/h5-10,15,20H,11H2,1-4H3,(H,21,23). The van der Waals surface area contributed by atoms with E-state index in [-0.39, 0.29) is 24.2 Å². The molecule has 0 bridgehead atoms. The fourth-order valence-electron chi connectivity index (χ4n) is 2.50. The van der Waals surface area contributed by atoms with Gasteiger partial charge in [-0.05, 0) is 49.9 Å². The predicted octanol–water partition coefficient (Wildman–Crippen LogP) is 3.81. The molecule has 2 aromatic carbocycles. The summed E-state index contributed by atoms with van der Waals surface area (Å²) in [5, 5.41) is 16.8. The van der Waals surface area contributed by atoms with Gasteiger partial charge in [-0.25, -0.2) is 0 Å². The molecule has 2 N–H and O–H groups in total. The fourth-order valence-corrected chi connectivity index (χ4v) is 2.50. The van der Waals surface area contributed by atoms with Crippen LogP contribution in [0.5, 0.6) is 0 Å². The van der Waals surface area contributed by atoms with Crippen molar-refractivity contribution < 1.29 is 9.72 Å². The minimum Gasteiger partial charge on any atom is -0.376 e. The van der Waals surface area contributed by atoms with Crippen LogP contribution in [0.25, 0.3) is 0 Å². The van der Waals surface area contributed by atoms with Crippen molar-refractivity contribution in [2.24, 2.45) is 0 Å². The van der Waals surface area contributed by atoms with Crippen molar-refractivity contribution in [2.45, 2.75) is 33.7 Å². The second-order valence-electron chi connectivity index (χ2n) is 6.24. The molecule has 0 aromatic heterocycles. The van der Waals surface area contributed by atoms with Gasteiger partial charge in [0, 0.05) is 17.8 Å². The van der Waals surface area contributed by atoms with E-state index in [4.69, 9.17) is 0 Å². The second-order valence-corrected chi connectivity index (χ2v) is 6.24. The zero-order valence-corrected chi connectivity index (χ0v) is 14.9. The molecule has 0 aliphatic heterocycles. The lowest BCUT2D eigenvalue weighted by Crippen LogP contribution is -2.32. The third-order valence-electron chi connectivity index (χ3n) is 4.28. The molecule has 6 nitrogen and oxygen atoms in total. The summed E-state index contributed by atoms with van der Waals surface area (Å²) in [6.45, 7) is 7.91. The van der Waals surface area contributed by atoms with Gasteiger partial charge in [0.1, 0.15) is 0 Å². The second kappa shape index (κ2) is 7.79. The molecule has 0 aliphatic rings. The Balaban J connectivity index is 1.97. The number of benzene rings is 2. The van der Waals surface area contributed by atoms with Crippen LogP contribution in [0, 0.1) is 30.9 Å². The Morgan fingerprint density at radius 2 is 1.76 bits per heavy atom. The Labute approximate surface area is 147 Å². The van der Waals surface area contributed by atoms with E-state index in [2.05, 4.69) is 16.7 Å². The van der Waals surface area contributed by atoms with Crippen LogP contribution in [0.3, 0.4) is 0 Å². The molecular weight excluding hydrogens is 318 g/mol. The predicted molar refractivity (Wildman–Crippen MR) is 98.8 cm³/mol. The molecule has 132 valence electrons. The summed E-state index contributed by atoms with van der Waals surface area (Å²) in [6.07, 6.45) is 0. The van der Waals surface area contributed by atoms with Gasteiger partial charge in [-0.3, -0.25) is 14.9 Å². The van der Waals surface area contributed by atoms with Crippen molar-refractivity contribution in [2.75, 3.05) is 11.9 Å². The molecule has 2 aromatic rings. The van der Waals surface area contributed by atoms with Gasteiger partial charge in [0.2, 0.25) is 5.91 Å². The molecule has 1 atom stereocenters. The van der Waals surface area contributed by atoms with E-state index in [1.165, 1.54) is 23.3 Å². The van der Waals surface area contributed by atoms with Crippen LogP contribution < -0.4 is 10.6 Å².